The maximum atomic E-state index is 15.1. The zero-order valence-corrected chi connectivity index (χ0v) is 18.5. The van der Waals surface area contributed by atoms with E-state index < -0.39 is 23.3 Å². The molecular weight excluding hydrogens is 451 g/mol. The number of aromatic nitrogens is 1. The standard InChI is InChI=1S/C22H21FN4O5S/c1-12-27-16-11-17(14(23)10-13(16)19(28)18(22(30)31)21(27)33-12)24-6-8-25(9-7-24)20(29)15-4-2-3-5-26(15)32/h2-5,10-12,15,32H,6-9H2,1H3,(H,30,31). The Balaban J connectivity index is 1.43. The van der Waals surface area contributed by atoms with Gasteiger partial charge in [-0.3, -0.25) is 14.8 Å². The molecular formula is C22H21FN4O5S. The van der Waals surface area contributed by atoms with Crippen LogP contribution in [0.5, 0.6) is 0 Å². The van der Waals surface area contributed by atoms with Crippen molar-refractivity contribution in [1.82, 2.24) is 14.5 Å². The number of thioether (sulfide) groups is 1. The minimum atomic E-state index is -1.32. The normalized spacial score (nSPS) is 21.8. The van der Waals surface area contributed by atoms with Gasteiger partial charge in [-0.25, -0.2) is 14.2 Å². The predicted molar refractivity (Wildman–Crippen MR) is 120 cm³/mol. The molecule has 1 amide bonds. The molecule has 0 bridgehead atoms. The van der Waals surface area contributed by atoms with Crippen LogP contribution in [0, 0.1) is 5.82 Å². The molecule has 2 aromatic rings. The number of pyridine rings is 1. The van der Waals surface area contributed by atoms with Gasteiger partial charge in [0, 0.05) is 37.8 Å². The fourth-order valence-electron chi connectivity index (χ4n) is 4.50. The zero-order chi connectivity index (χ0) is 23.4. The second-order valence-electron chi connectivity index (χ2n) is 8.09. The van der Waals surface area contributed by atoms with E-state index in [2.05, 4.69) is 0 Å². The number of aromatic carboxylic acids is 1. The number of anilines is 1. The van der Waals surface area contributed by atoms with Gasteiger partial charge in [0.1, 0.15) is 11.4 Å². The molecule has 3 aliphatic heterocycles. The van der Waals surface area contributed by atoms with Gasteiger partial charge in [0.2, 0.25) is 5.43 Å². The van der Waals surface area contributed by atoms with Crippen LogP contribution in [0.3, 0.4) is 0 Å². The number of allylic oxidation sites excluding steroid dienone is 2. The maximum absolute atomic E-state index is 15.1. The van der Waals surface area contributed by atoms with Gasteiger partial charge in [-0.1, -0.05) is 23.9 Å². The van der Waals surface area contributed by atoms with E-state index in [-0.39, 0.29) is 22.2 Å². The summed E-state index contributed by atoms with van der Waals surface area (Å²) in [6, 6.07) is 1.92. The fraction of sp³-hybridized carbons (Fsp3) is 0.318. The van der Waals surface area contributed by atoms with Crippen LogP contribution in [-0.2, 0) is 4.79 Å². The van der Waals surface area contributed by atoms with Crippen molar-refractivity contribution in [3.63, 3.8) is 0 Å². The monoisotopic (exact) mass is 472 g/mol. The van der Waals surface area contributed by atoms with Crippen LogP contribution in [0.25, 0.3) is 10.9 Å². The number of carbonyl (C=O) groups is 2. The van der Waals surface area contributed by atoms with Crippen LogP contribution in [0.15, 0.2) is 46.4 Å². The van der Waals surface area contributed by atoms with Crippen molar-refractivity contribution in [3.05, 3.63) is 58.2 Å². The van der Waals surface area contributed by atoms with Crippen molar-refractivity contribution < 1.29 is 24.3 Å². The number of rotatable bonds is 3. The van der Waals surface area contributed by atoms with Crippen LogP contribution in [0.4, 0.5) is 10.1 Å². The van der Waals surface area contributed by atoms with E-state index in [4.69, 9.17) is 0 Å². The SMILES string of the molecule is CC1Sc2c(C(=O)O)c(=O)c3cc(F)c(N4CCN(C(=O)C5C=CC=CN5O)CC4)cc3n21. The molecule has 3 aliphatic rings. The second kappa shape index (κ2) is 7.92. The number of amides is 1. The number of carboxylic acid groups (broad SMARTS) is 1. The van der Waals surface area contributed by atoms with Crippen LogP contribution in [0.2, 0.25) is 0 Å². The third-order valence-corrected chi connectivity index (χ3v) is 7.38. The molecule has 5 rings (SSSR count). The third-order valence-electron chi connectivity index (χ3n) is 6.20. The Bertz CT molecular complexity index is 1300. The van der Waals surface area contributed by atoms with Crippen molar-refractivity contribution in [3.8, 4) is 0 Å². The molecule has 1 saturated heterocycles. The fourth-order valence-corrected chi connectivity index (χ4v) is 5.66. The summed E-state index contributed by atoms with van der Waals surface area (Å²) in [5.74, 6) is -2.17. The molecule has 4 heterocycles. The molecule has 0 radical (unpaired) electrons. The van der Waals surface area contributed by atoms with Gasteiger partial charge < -0.3 is 19.5 Å². The Kier molecular flexibility index (Phi) is 5.17. The summed E-state index contributed by atoms with van der Waals surface area (Å²) in [4.78, 5) is 40.6. The summed E-state index contributed by atoms with van der Waals surface area (Å²) in [5, 5.41) is 20.6. The lowest BCUT2D eigenvalue weighted by molar-refractivity contribution is -0.147. The van der Waals surface area contributed by atoms with Gasteiger partial charge in [-0.2, -0.15) is 0 Å². The van der Waals surface area contributed by atoms with Gasteiger partial charge in [0.05, 0.1) is 21.6 Å². The van der Waals surface area contributed by atoms with Crippen molar-refractivity contribution in [2.24, 2.45) is 0 Å². The molecule has 0 saturated carbocycles. The Labute approximate surface area is 191 Å². The van der Waals surface area contributed by atoms with E-state index in [0.717, 1.165) is 11.1 Å². The molecule has 0 spiro atoms. The minimum absolute atomic E-state index is 0.0403. The van der Waals surface area contributed by atoms with Gasteiger partial charge in [0.15, 0.2) is 6.04 Å². The first-order chi connectivity index (χ1) is 15.8. The lowest BCUT2D eigenvalue weighted by Gasteiger charge is -2.39. The van der Waals surface area contributed by atoms with Crippen molar-refractivity contribution >= 4 is 40.2 Å². The first kappa shape index (κ1) is 21.5. The Hall–Kier alpha value is -3.31. The van der Waals surface area contributed by atoms with Gasteiger partial charge in [-0.15, -0.1) is 0 Å². The number of halogens is 1. The van der Waals surface area contributed by atoms with Crippen molar-refractivity contribution in [2.75, 3.05) is 31.1 Å². The number of nitrogens with zero attached hydrogens (tertiary/aromatic N) is 4. The number of carbonyl (C=O) groups excluding carboxylic acids is 1. The molecule has 2 N–H and O–H groups in total. The highest BCUT2D eigenvalue weighted by atomic mass is 32.2. The first-order valence-electron chi connectivity index (χ1n) is 10.5. The second-order valence-corrected chi connectivity index (χ2v) is 9.39. The van der Waals surface area contributed by atoms with Crippen LogP contribution in [0.1, 0.15) is 22.7 Å². The average molecular weight is 472 g/mol. The van der Waals surface area contributed by atoms with Gasteiger partial charge in [-0.05, 0) is 25.1 Å². The lowest BCUT2D eigenvalue weighted by atomic mass is 10.1. The Morgan fingerprint density at radius 1 is 1.15 bits per heavy atom. The highest BCUT2D eigenvalue weighted by Crippen LogP contribution is 2.46. The number of hydroxylamine groups is 2. The van der Waals surface area contributed by atoms with E-state index in [1.165, 1.54) is 18.0 Å². The molecule has 9 nitrogen and oxygen atoms in total. The van der Waals surface area contributed by atoms with E-state index in [1.807, 2.05) is 11.8 Å². The number of hydrogen-bond acceptors (Lipinski definition) is 7. The zero-order valence-electron chi connectivity index (χ0n) is 17.6. The highest BCUT2D eigenvalue weighted by Gasteiger charge is 2.34. The summed E-state index contributed by atoms with van der Waals surface area (Å²) in [5.41, 5.74) is -0.210. The molecule has 33 heavy (non-hydrogen) atoms. The van der Waals surface area contributed by atoms with Crippen LogP contribution < -0.4 is 10.3 Å². The summed E-state index contributed by atoms with van der Waals surface area (Å²) < 4.78 is 16.8. The molecule has 2 unspecified atom stereocenters. The molecule has 1 fully saturated rings. The van der Waals surface area contributed by atoms with E-state index in [0.29, 0.717) is 42.4 Å². The first-order valence-corrected chi connectivity index (χ1v) is 11.3. The van der Waals surface area contributed by atoms with E-state index in [1.54, 1.807) is 33.8 Å². The summed E-state index contributed by atoms with van der Waals surface area (Å²) >= 11 is 1.30. The van der Waals surface area contributed by atoms with Crippen molar-refractivity contribution in [1.29, 1.82) is 0 Å². The van der Waals surface area contributed by atoms with Crippen LogP contribution >= 0.6 is 11.8 Å². The van der Waals surface area contributed by atoms with Gasteiger partial charge >= 0.3 is 5.97 Å². The number of hydrogen-bond donors (Lipinski definition) is 2. The number of piperazine rings is 1. The van der Waals surface area contributed by atoms with Crippen LogP contribution in [-0.4, -0.2) is 68.9 Å². The maximum Gasteiger partial charge on any atom is 0.342 e. The largest absolute Gasteiger partial charge is 0.477 e. The van der Waals surface area contributed by atoms with E-state index in [9.17, 15) is 24.7 Å². The predicted octanol–water partition coefficient (Wildman–Crippen LogP) is 2.25. The average Bonchev–Trinajstić information content (AvgIpc) is 2.78. The number of benzene rings is 1. The number of fused-ring (bicyclic) bond motifs is 3. The minimum Gasteiger partial charge on any atom is -0.477 e. The molecule has 1 aromatic carbocycles. The quantitative estimate of drug-likeness (QED) is 0.701. The van der Waals surface area contributed by atoms with Crippen molar-refractivity contribution in [2.45, 2.75) is 23.4 Å². The van der Waals surface area contributed by atoms with Gasteiger partial charge in [0.25, 0.3) is 5.91 Å². The molecule has 1 aromatic heterocycles. The summed E-state index contributed by atoms with van der Waals surface area (Å²) in [6.07, 6.45) is 6.35. The topological polar surface area (TPSA) is 106 Å². The lowest BCUT2D eigenvalue weighted by Crippen LogP contribution is -2.53. The highest BCUT2D eigenvalue weighted by molar-refractivity contribution is 8.00. The van der Waals surface area contributed by atoms with E-state index >= 15 is 4.39 Å². The smallest absolute Gasteiger partial charge is 0.342 e. The third kappa shape index (κ3) is 3.39. The Morgan fingerprint density at radius 3 is 2.52 bits per heavy atom. The summed E-state index contributed by atoms with van der Waals surface area (Å²) in [7, 11) is 0. The number of carboxylic acids is 1. The molecule has 2 atom stereocenters. The summed E-state index contributed by atoms with van der Waals surface area (Å²) in [6.45, 7) is 3.34. The Morgan fingerprint density at radius 2 is 1.88 bits per heavy atom. The molecule has 0 aliphatic carbocycles. The molecule has 11 heteroatoms. The molecule has 172 valence electrons.